The van der Waals surface area contributed by atoms with Gasteiger partial charge in [-0.15, -0.1) is 0 Å². The number of aliphatic hydroxyl groups excluding tert-OH is 1. The maximum absolute atomic E-state index is 10.3. The normalized spacial score (nSPS) is 19.2. The highest BCUT2D eigenvalue weighted by atomic mass is 35.5. The average Bonchev–Trinajstić information content (AvgIpc) is 3.30. The van der Waals surface area contributed by atoms with Crippen LogP contribution in [0.15, 0.2) is 48.8 Å². The fourth-order valence-electron chi connectivity index (χ4n) is 4.41. The second kappa shape index (κ2) is 7.71. The lowest BCUT2D eigenvalue weighted by atomic mass is 9.93. The van der Waals surface area contributed by atoms with Gasteiger partial charge in [0, 0.05) is 34.0 Å². The van der Waals surface area contributed by atoms with Crippen LogP contribution in [0.2, 0.25) is 5.02 Å². The van der Waals surface area contributed by atoms with Gasteiger partial charge in [0.2, 0.25) is 0 Å². The number of halogens is 1. The number of rotatable bonds is 4. The quantitative estimate of drug-likeness (QED) is 0.468. The van der Waals surface area contributed by atoms with Crippen molar-refractivity contribution in [3.8, 4) is 11.3 Å². The number of aromatic nitrogens is 3. The van der Waals surface area contributed by atoms with Crippen LogP contribution < -0.4 is 5.73 Å². The molecule has 4 aromatic rings. The molecule has 1 aliphatic rings. The molecule has 1 unspecified atom stereocenters. The van der Waals surface area contributed by atoms with Gasteiger partial charge in [-0.2, -0.15) is 4.37 Å². The number of aliphatic hydroxyl groups is 1. The Kier molecular flexibility index (Phi) is 5.03. The zero-order chi connectivity index (χ0) is 20.8. The molecule has 0 aliphatic heterocycles. The standard InChI is InChI=1S/C23H21ClN4OS/c1-12-8-18(29)23-20(12)21(26-11-27-23)14-4-7-16-19(9-14)30-28-22(16)17(10-25)13-2-5-15(24)6-3-13/h2-7,9,11-12,17-18,29H,8,10,25H2,1H3/t12-,17?,18-/m1/s1. The van der Waals surface area contributed by atoms with E-state index < -0.39 is 6.10 Å². The average molecular weight is 437 g/mol. The van der Waals surface area contributed by atoms with Gasteiger partial charge in [-0.25, -0.2) is 9.97 Å². The molecule has 0 amide bonds. The Bertz CT molecular complexity index is 1220. The molecule has 2 heterocycles. The van der Waals surface area contributed by atoms with E-state index in [0.717, 1.165) is 43.9 Å². The number of hydrogen-bond acceptors (Lipinski definition) is 6. The summed E-state index contributed by atoms with van der Waals surface area (Å²) in [5.41, 5.74) is 11.9. The van der Waals surface area contributed by atoms with Gasteiger partial charge in [-0.1, -0.05) is 42.8 Å². The molecule has 0 bridgehead atoms. The molecule has 2 aromatic heterocycles. The smallest absolute Gasteiger partial charge is 0.116 e. The molecule has 5 nitrogen and oxygen atoms in total. The first-order valence-electron chi connectivity index (χ1n) is 9.95. The van der Waals surface area contributed by atoms with Gasteiger partial charge in [0.25, 0.3) is 0 Å². The molecule has 2 aromatic carbocycles. The maximum atomic E-state index is 10.3. The molecule has 3 N–H and O–H groups in total. The number of fused-ring (bicyclic) bond motifs is 2. The first-order chi connectivity index (χ1) is 14.6. The fraction of sp³-hybridized carbons (Fsp3) is 0.261. The van der Waals surface area contributed by atoms with Crippen LogP contribution in [0.4, 0.5) is 0 Å². The van der Waals surface area contributed by atoms with Crippen LogP contribution in [0, 0.1) is 0 Å². The summed E-state index contributed by atoms with van der Waals surface area (Å²) in [6.07, 6.45) is 1.72. The summed E-state index contributed by atoms with van der Waals surface area (Å²) in [6, 6.07) is 14.1. The molecule has 1 aliphatic carbocycles. The third kappa shape index (κ3) is 3.20. The molecule has 0 spiro atoms. The molecule has 152 valence electrons. The summed E-state index contributed by atoms with van der Waals surface area (Å²) in [7, 11) is 0. The summed E-state index contributed by atoms with van der Waals surface area (Å²) < 4.78 is 5.85. The lowest BCUT2D eigenvalue weighted by Crippen LogP contribution is -2.14. The number of nitrogens with two attached hydrogens (primary N) is 1. The summed E-state index contributed by atoms with van der Waals surface area (Å²) in [5, 5.41) is 12.1. The molecule has 0 fully saturated rings. The van der Waals surface area contributed by atoms with E-state index in [4.69, 9.17) is 21.7 Å². The van der Waals surface area contributed by atoms with Crippen LogP contribution in [0.5, 0.6) is 0 Å². The summed E-state index contributed by atoms with van der Waals surface area (Å²) in [6.45, 7) is 2.58. The van der Waals surface area contributed by atoms with Gasteiger partial charge in [0.15, 0.2) is 0 Å². The van der Waals surface area contributed by atoms with Crippen molar-refractivity contribution in [1.29, 1.82) is 0 Å². The van der Waals surface area contributed by atoms with E-state index in [1.54, 1.807) is 6.33 Å². The monoisotopic (exact) mass is 436 g/mol. The van der Waals surface area contributed by atoms with Crippen molar-refractivity contribution >= 4 is 33.2 Å². The lowest BCUT2D eigenvalue weighted by Gasteiger charge is -2.14. The Labute approximate surface area is 183 Å². The molecule has 0 radical (unpaired) electrons. The highest BCUT2D eigenvalue weighted by Crippen LogP contribution is 2.43. The minimum absolute atomic E-state index is 0.0142. The van der Waals surface area contributed by atoms with Crippen molar-refractivity contribution < 1.29 is 5.11 Å². The van der Waals surface area contributed by atoms with Crippen molar-refractivity contribution in [3.05, 3.63) is 76.3 Å². The van der Waals surface area contributed by atoms with Crippen LogP contribution in [0.3, 0.4) is 0 Å². The highest BCUT2D eigenvalue weighted by molar-refractivity contribution is 7.13. The summed E-state index contributed by atoms with van der Waals surface area (Å²) >= 11 is 7.52. The van der Waals surface area contributed by atoms with Gasteiger partial charge in [-0.05, 0) is 47.6 Å². The van der Waals surface area contributed by atoms with Crippen LogP contribution in [-0.4, -0.2) is 26.0 Å². The lowest BCUT2D eigenvalue weighted by molar-refractivity contribution is 0.170. The minimum Gasteiger partial charge on any atom is -0.387 e. The Morgan fingerprint density at radius 1 is 1.20 bits per heavy atom. The van der Waals surface area contributed by atoms with Gasteiger partial charge in [0.05, 0.1) is 27.9 Å². The molecular weight excluding hydrogens is 416 g/mol. The molecular formula is C23H21ClN4OS. The zero-order valence-electron chi connectivity index (χ0n) is 16.4. The fourth-order valence-corrected chi connectivity index (χ4v) is 5.41. The van der Waals surface area contributed by atoms with E-state index in [9.17, 15) is 5.11 Å². The van der Waals surface area contributed by atoms with Crippen molar-refractivity contribution in [3.63, 3.8) is 0 Å². The molecule has 0 saturated heterocycles. The van der Waals surface area contributed by atoms with Gasteiger partial charge in [0.1, 0.15) is 6.33 Å². The largest absolute Gasteiger partial charge is 0.387 e. The minimum atomic E-state index is -0.514. The second-order valence-corrected chi connectivity index (χ2v) is 9.03. The van der Waals surface area contributed by atoms with E-state index in [0.29, 0.717) is 18.0 Å². The summed E-state index contributed by atoms with van der Waals surface area (Å²) in [4.78, 5) is 8.88. The zero-order valence-corrected chi connectivity index (χ0v) is 18.0. The Hall–Kier alpha value is -2.38. The highest BCUT2D eigenvalue weighted by Gasteiger charge is 2.31. The molecule has 30 heavy (non-hydrogen) atoms. The molecule has 0 saturated carbocycles. The van der Waals surface area contributed by atoms with Crippen molar-refractivity contribution in [2.45, 2.75) is 31.3 Å². The second-order valence-electron chi connectivity index (χ2n) is 7.79. The molecule has 7 heteroatoms. The first-order valence-corrected chi connectivity index (χ1v) is 11.1. The number of nitrogens with zero attached hydrogens (tertiary/aromatic N) is 3. The Morgan fingerprint density at radius 2 is 2.00 bits per heavy atom. The van der Waals surface area contributed by atoms with Gasteiger partial charge >= 0.3 is 0 Å². The molecule has 5 rings (SSSR count). The van der Waals surface area contributed by atoms with Crippen LogP contribution in [-0.2, 0) is 0 Å². The van der Waals surface area contributed by atoms with E-state index in [1.165, 1.54) is 11.5 Å². The predicted molar refractivity (Wildman–Crippen MR) is 121 cm³/mol. The van der Waals surface area contributed by atoms with E-state index in [1.807, 2.05) is 24.3 Å². The first kappa shape index (κ1) is 19.6. The Morgan fingerprint density at radius 3 is 2.77 bits per heavy atom. The van der Waals surface area contributed by atoms with Crippen molar-refractivity contribution in [2.24, 2.45) is 5.73 Å². The third-order valence-corrected chi connectivity index (χ3v) is 6.99. The van der Waals surface area contributed by atoms with Crippen LogP contribution in [0.1, 0.15) is 53.8 Å². The molecule has 3 atom stereocenters. The van der Waals surface area contributed by atoms with Crippen LogP contribution in [0.25, 0.3) is 21.3 Å². The Balaban J connectivity index is 1.58. The number of benzene rings is 2. The van der Waals surface area contributed by atoms with E-state index in [2.05, 4.69) is 35.1 Å². The summed E-state index contributed by atoms with van der Waals surface area (Å²) in [5.74, 6) is 0.241. The van der Waals surface area contributed by atoms with Crippen molar-refractivity contribution in [1.82, 2.24) is 14.3 Å². The van der Waals surface area contributed by atoms with Crippen LogP contribution >= 0.6 is 23.1 Å². The maximum Gasteiger partial charge on any atom is 0.116 e. The predicted octanol–water partition coefficient (Wildman–Crippen LogP) is 5.04. The van der Waals surface area contributed by atoms with E-state index in [-0.39, 0.29) is 11.8 Å². The van der Waals surface area contributed by atoms with Gasteiger partial charge in [-0.3, -0.25) is 0 Å². The van der Waals surface area contributed by atoms with E-state index >= 15 is 0 Å². The third-order valence-electron chi connectivity index (χ3n) is 5.91. The number of hydrogen-bond donors (Lipinski definition) is 2. The SMILES string of the molecule is C[C@@H]1C[C@@H](O)c2ncnc(-c3ccc4c(C(CN)c5ccc(Cl)cc5)nsc4c3)c21. The van der Waals surface area contributed by atoms with Gasteiger partial charge < -0.3 is 10.8 Å². The topological polar surface area (TPSA) is 84.9 Å². The van der Waals surface area contributed by atoms with Crippen molar-refractivity contribution in [2.75, 3.05) is 6.54 Å².